The lowest BCUT2D eigenvalue weighted by Gasteiger charge is -2.27. The predicted octanol–water partition coefficient (Wildman–Crippen LogP) is 3.03. The Morgan fingerprint density at radius 3 is 2.44 bits per heavy atom. The normalized spacial score (nSPS) is 26.4. The molecule has 6 nitrogen and oxygen atoms in total. The summed E-state index contributed by atoms with van der Waals surface area (Å²) in [5.74, 6) is 0.536. The average Bonchev–Trinajstić information content (AvgIpc) is 3.27. The zero-order valence-corrected chi connectivity index (χ0v) is 16.1. The highest BCUT2D eigenvalue weighted by molar-refractivity contribution is 5.74. The molecule has 2 bridgehead atoms. The van der Waals surface area contributed by atoms with E-state index in [1.807, 2.05) is 18.2 Å². The summed E-state index contributed by atoms with van der Waals surface area (Å²) < 4.78 is 18.0. The van der Waals surface area contributed by atoms with Crippen molar-refractivity contribution in [1.29, 1.82) is 0 Å². The van der Waals surface area contributed by atoms with Gasteiger partial charge in [0.05, 0.1) is 32.0 Å². The fraction of sp³-hybridized carbons (Fsp3) is 0.667. The minimum atomic E-state index is -0.257. The van der Waals surface area contributed by atoms with Gasteiger partial charge in [0.1, 0.15) is 0 Å². The molecule has 0 saturated carbocycles. The molecule has 3 rings (SSSR count). The van der Waals surface area contributed by atoms with Crippen molar-refractivity contribution in [1.82, 2.24) is 5.06 Å². The van der Waals surface area contributed by atoms with Crippen LogP contribution >= 0.6 is 0 Å². The number of hydrogen-bond acceptors (Lipinski definition) is 5. The van der Waals surface area contributed by atoms with Crippen molar-refractivity contribution >= 4 is 5.91 Å². The molecule has 4 atom stereocenters. The van der Waals surface area contributed by atoms with Crippen molar-refractivity contribution in [2.75, 3.05) is 26.9 Å². The smallest absolute Gasteiger partial charge is 0.245 e. The highest BCUT2D eigenvalue weighted by Crippen LogP contribution is 2.43. The first-order valence-corrected chi connectivity index (χ1v) is 9.95. The molecule has 0 spiro atoms. The van der Waals surface area contributed by atoms with E-state index in [2.05, 4.69) is 12.1 Å². The van der Waals surface area contributed by atoms with Crippen molar-refractivity contribution in [3.63, 3.8) is 0 Å². The Balaban J connectivity index is 1.35. The molecule has 1 aromatic carbocycles. The molecule has 2 fully saturated rings. The van der Waals surface area contributed by atoms with Crippen molar-refractivity contribution in [3.8, 4) is 0 Å². The molecule has 0 radical (unpaired) electrons. The number of benzene rings is 1. The lowest BCUT2D eigenvalue weighted by atomic mass is 9.80. The van der Waals surface area contributed by atoms with Crippen molar-refractivity contribution in [2.24, 2.45) is 11.8 Å². The second-order valence-corrected chi connectivity index (χ2v) is 7.57. The minimum absolute atomic E-state index is 0.257. The summed E-state index contributed by atoms with van der Waals surface area (Å²) in [6.07, 6.45) is 4.73. The molecule has 1 N–H and O–H groups in total. The van der Waals surface area contributed by atoms with Crippen LogP contribution in [-0.2, 0) is 25.6 Å². The van der Waals surface area contributed by atoms with Gasteiger partial charge in [0, 0.05) is 31.9 Å². The topological polar surface area (TPSA) is 68.2 Å². The fourth-order valence-corrected chi connectivity index (χ4v) is 4.08. The lowest BCUT2D eigenvalue weighted by molar-refractivity contribution is -0.159. The van der Waals surface area contributed by atoms with E-state index < -0.39 is 0 Å². The number of carbonyl (C=O) groups excluding carboxylic acids is 1. The number of nitrogens with zero attached hydrogens (tertiary/aromatic N) is 1. The SMILES string of the molecule is CN(O)C(=O)CCCCOC[C@@H]1[C@H](COCc2ccccc2)[C@@H]2CC[C@H]1O2. The number of hydroxylamine groups is 2. The molecule has 2 aliphatic heterocycles. The van der Waals surface area contributed by atoms with Crippen LogP contribution in [0.2, 0.25) is 0 Å². The van der Waals surface area contributed by atoms with Gasteiger partial charge in [-0.2, -0.15) is 0 Å². The molecule has 2 saturated heterocycles. The first-order chi connectivity index (χ1) is 13.1. The largest absolute Gasteiger partial charge is 0.381 e. The molecule has 0 unspecified atom stereocenters. The third-order valence-corrected chi connectivity index (χ3v) is 5.61. The van der Waals surface area contributed by atoms with Gasteiger partial charge >= 0.3 is 0 Å². The molecule has 0 aromatic heterocycles. The van der Waals surface area contributed by atoms with Gasteiger partial charge in [-0.15, -0.1) is 0 Å². The number of amides is 1. The van der Waals surface area contributed by atoms with Gasteiger partial charge in [-0.05, 0) is 31.2 Å². The van der Waals surface area contributed by atoms with E-state index in [-0.39, 0.29) is 5.91 Å². The van der Waals surface area contributed by atoms with Crippen LogP contribution < -0.4 is 0 Å². The Morgan fingerprint density at radius 2 is 1.78 bits per heavy atom. The molecule has 2 aliphatic rings. The van der Waals surface area contributed by atoms with Crippen LogP contribution in [0.3, 0.4) is 0 Å². The van der Waals surface area contributed by atoms with E-state index in [1.54, 1.807) is 0 Å². The molecule has 2 heterocycles. The predicted molar refractivity (Wildman–Crippen MR) is 100 cm³/mol. The number of hydrogen-bond donors (Lipinski definition) is 1. The highest BCUT2D eigenvalue weighted by atomic mass is 16.5. The van der Waals surface area contributed by atoms with Gasteiger partial charge in [-0.25, -0.2) is 5.06 Å². The Kier molecular flexibility index (Phi) is 7.64. The zero-order valence-electron chi connectivity index (χ0n) is 16.1. The van der Waals surface area contributed by atoms with Crippen LogP contribution in [0.15, 0.2) is 30.3 Å². The number of carbonyl (C=O) groups is 1. The van der Waals surface area contributed by atoms with E-state index >= 15 is 0 Å². The molecule has 0 aliphatic carbocycles. The maximum absolute atomic E-state index is 11.3. The van der Waals surface area contributed by atoms with Gasteiger partial charge < -0.3 is 14.2 Å². The maximum atomic E-state index is 11.3. The lowest BCUT2D eigenvalue weighted by Crippen LogP contribution is -2.34. The van der Waals surface area contributed by atoms with Crippen LogP contribution in [0.4, 0.5) is 0 Å². The van der Waals surface area contributed by atoms with Crippen LogP contribution in [0.1, 0.15) is 37.7 Å². The van der Waals surface area contributed by atoms with Gasteiger partial charge in [-0.3, -0.25) is 10.0 Å². The maximum Gasteiger partial charge on any atom is 0.245 e. The zero-order chi connectivity index (χ0) is 19.1. The first kappa shape index (κ1) is 20.3. The Hall–Kier alpha value is -1.47. The van der Waals surface area contributed by atoms with Crippen molar-refractivity contribution in [2.45, 2.75) is 50.9 Å². The number of rotatable bonds is 11. The summed E-state index contributed by atoms with van der Waals surface area (Å²) in [7, 11) is 1.36. The van der Waals surface area contributed by atoms with E-state index in [9.17, 15) is 4.79 Å². The van der Waals surface area contributed by atoms with Gasteiger partial charge in [-0.1, -0.05) is 30.3 Å². The van der Waals surface area contributed by atoms with Gasteiger partial charge in [0.15, 0.2) is 0 Å². The Labute approximate surface area is 161 Å². The second-order valence-electron chi connectivity index (χ2n) is 7.57. The quantitative estimate of drug-likeness (QED) is 0.365. The molecule has 1 amide bonds. The molecule has 1 aromatic rings. The summed E-state index contributed by atoms with van der Waals surface area (Å²) in [4.78, 5) is 11.3. The Morgan fingerprint density at radius 1 is 1.11 bits per heavy atom. The van der Waals surface area contributed by atoms with E-state index in [0.29, 0.717) is 62.0 Å². The van der Waals surface area contributed by atoms with E-state index in [0.717, 1.165) is 25.7 Å². The van der Waals surface area contributed by atoms with Gasteiger partial charge in [0.25, 0.3) is 0 Å². The summed E-state index contributed by atoms with van der Waals surface area (Å²) in [6.45, 7) is 2.67. The minimum Gasteiger partial charge on any atom is -0.381 e. The standard InChI is InChI=1S/C21H31NO5/c1-22(24)21(23)9-5-6-12-25-14-17-18(20-11-10-19(17)27-20)15-26-13-16-7-3-2-4-8-16/h2-4,7-8,17-20,24H,5-6,9-15H2,1H3/t17-,18+,19-,20+/m1/s1. The molecule has 27 heavy (non-hydrogen) atoms. The first-order valence-electron chi connectivity index (χ1n) is 9.95. The second kappa shape index (κ2) is 10.2. The number of ether oxygens (including phenoxy) is 3. The molecule has 150 valence electrons. The molecule has 6 heteroatoms. The van der Waals surface area contributed by atoms with Crippen molar-refractivity contribution < 1.29 is 24.2 Å². The fourth-order valence-electron chi connectivity index (χ4n) is 4.08. The molecular formula is C21H31NO5. The van der Waals surface area contributed by atoms with Crippen LogP contribution in [0.25, 0.3) is 0 Å². The van der Waals surface area contributed by atoms with E-state index in [4.69, 9.17) is 19.4 Å². The highest BCUT2D eigenvalue weighted by Gasteiger charge is 2.48. The van der Waals surface area contributed by atoms with Crippen molar-refractivity contribution in [3.05, 3.63) is 35.9 Å². The summed E-state index contributed by atoms with van der Waals surface area (Å²) in [5, 5.41) is 9.67. The number of unbranched alkanes of at least 4 members (excludes halogenated alkanes) is 1. The third-order valence-electron chi connectivity index (χ3n) is 5.61. The summed E-state index contributed by atoms with van der Waals surface area (Å²) >= 11 is 0. The average molecular weight is 377 g/mol. The third kappa shape index (κ3) is 5.75. The number of fused-ring (bicyclic) bond motifs is 2. The van der Waals surface area contributed by atoms with Crippen LogP contribution in [0, 0.1) is 11.8 Å². The monoisotopic (exact) mass is 377 g/mol. The van der Waals surface area contributed by atoms with Crippen LogP contribution in [0.5, 0.6) is 0 Å². The Bertz CT molecular complexity index is 579. The van der Waals surface area contributed by atoms with E-state index in [1.165, 1.54) is 12.6 Å². The van der Waals surface area contributed by atoms with Crippen LogP contribution in [-0.4, -0.2) is 55.3 Å². The summed E-state index contributed by atoms with van der Waals surface area (Å²) in [6, 6.07) is 10.2. The molecular weight excluding hydrogens is 346 g/mol. The van der Waals surface area contributed by atoms with Gasteiger partial charge in [0.2, 0.25) is 5.91 Å². The summed E-state index contributed by atoms with van der Waals surface area (Å²) in [5.41, 5.74) is 1.19.